The van der Waals surface area contributed by atoms with Gasteiger partial charge in [-0.25, -0.2) is 4.79 Å². The average molecular weight is 260 g/mol. The molecule has 0 aliphatic carbocycles. The van der Waals surface area contributed by atoms with Crippen molar-refractivity contribution in [3.8, 4) is 0 Å². The molecule has 6 heteroatoms. The zero-order valence-electron chi connectivity index (χ0n) is 10.6. The molecule has 0 spiro atoms. The number of halogens is 1. The molecule has 1 aromatic heterocycles. The Kier molecular flexibility index (Phi) is 4.54. The molecule has 0 aliphatic heterocycles. The van der Waals surface area contributed by atoms with Crippen molar-refractivity contribution in [1.29, 1.82) is 0 Å². The van der Waals surface area contributed by atoms with E-state index in [9.17, 15) is 9.59 Å². The summed E-state index contributed by atoms with van der Waals surface area (Å²) in [6, 6.07) is 0.0969. The Hall–Kier alpha value is -1.07. The summed E-state index contributed by atoms with van der Waals surface area (Å²) in [5.41, 5.74) is -0.293. The Morgan fingerprint density at radius 2 is 2.00 bits per heavy atom. The molecular weight excluding hydrogens is 242 g/mol. The normalized spacial score (nSPS) is 13.1. The predicted octanol–water partition coefficient (Wildman–Crippen LogP) is 0.702. The van der Waals surface area contributed by atoms with Crippen molar-refractivity contribution >= 4 is 11.6 Å². The number of nitrogens with zero attached hydrogens (tertiary/aromatic N) is 2. The van der Waals surface area contributed by atoms with Crippen molar-refractivity contribution < 1.29 is 0 Å². The molecule has 0 bridgehead atoms. The number of rotatable bonds is 4. The van der Waals surface area contributed by atoms with Gasteiger partial charge >= 0.3 is 5.69 Å². The maximum absolute atomic E-state index is 12.0. The van der Waals surface area contributed by atoms with Gasteiger partial charge in [0.15, 0.2) is 0 Å². The monoisotopic (exact) mass is 259 g/mol. The van der Waals surface area contributed by atoms with Crippen LogP contribution >= 0.6 is 11.6 Å². The van der Waals surface area contributed by atoms with Crippen molar-refractivity contribution in [2.45, 2.75) is 32.9 Å². The third-order valence-corrected chi connectivity index (χ3v) is 3.23. The predicted molar refractivity (Wildman–Crippen MR) is 68.9 cm³/mol. The lowest BCUT2D eigenvalue weighted by molar-refractivity contribution is 0.278. The minimum Gasteiger partial charge on any atom is -0.305 e. The van der Waals surface area contributed by atoms with Crippen molar-refractivity contribution in [2.24, 2.45) is 0 Å². The summed E-state index contributed by atoms with van der Waals surface area (Å²) in [7, 11) is 3.81. The molecule has 0 fully saturated rings. The number of aromatic amines is 1. The highest BCUT2D eigenvalue weighted by Gasteiger charge is 2.14. The fourth-order valence-corrected chi connectivity index (χ4v) is 1.78. The topological polar surface area (TPSA) is 58.1 Å². The Bertz CT molecular complexity index is 504. The standard InChI is InChI=1S/C11H18ClN3O2/c1-5-8-9(12)13-11(17)15(10(8)16)6-7(2)14(3)4/h7H,5-6H2,1-4H3,(H,13,17). The number of hydrogen-bond acceptors (Lipinski definition) is 3. The molecule has 1 aromatic rings. The molecule has 96 valence electrons. The van der Waals surface area contributed by atoms with Gasteiger partial charge in [0.2, 0.25) is 0 Å². The van der Waals surface area contributed by atoms with Gasteiger partial charge < -0.3 is 4.90 Å². The molecule has 0 amide bonds. The highest BCUT2D eigenvalue weighted by atomic mass is 35.5. The van der Waals surface area contributed by atoms with Crippen molar-refractivity contribution in [2.75, 3.05) is 14.1 Å². The van der Waals surface area contributed by atoms with Crippen LogP contribution in [0.5, 0.6) is 0 Å². The number of likely N-dealkylation sites (N-methyl/N-ethyl adjacent to an activating group) is 1. The summed E-state index contributed by atoms with van der Waals surface area (Å²) in [6.45, 7) is 4.14. The molecule has 0 saturated carbocycles. The van der Waals surface area contributed by atoms with Crippen LogP contribution in [0.3, 0.4) is 0 Å². The first-order chi connectivity index (χ1) is 7.88. The molecule has 0 radical (unpaired) electrons. The van der Waals surface area contributed by atoms with Gasteiger partial charge in [0.25, 0.3) is 5.56 Å². The van der Waals surface area contributed by atoms with Crippen molar-refractivity contribution in [3.05, 3.63) is 31.6 Å². The third-order valence-electron chi connectivity index (χ3n) is 2.91. The number of aromatic nitrogens is 2. The fraction of sp³-hybridized carbons (Fsp3) is 0.636. The lowest BCUT2D eigenvalue weighted by atomic mass is 10.2. The van der Waals surface area contributed by atoms with E-state index in [2.05, 4.69) is 4.98 Å². The van der Waals surface area contributed by atoms with Crippen LogP contribution in [0.4, 0.5) is 0 Å². The molecule has 0 aliphatic rings. The van der Waals surface area contributed by atoms with E-state index in [0.29, 0.717) is 18.5 Å². The Morgan fingerprint density at radius 3 is 2.47 bits per heavy atom. The maximum Gasteiger partial charge on any atom is 0.329 e. The molecule has 1 unspecified atom stereocenters. The van der Waals surface area contributed by atoms with Gasteiger partial charge in [0, 0.05) is 12.6 Å². The molecule has 0 saturated heterocycles. The van der Waals surface area contributed by atoms with E-state index in [4.69, 9.17) is 11.6 Å². The second-order valence-corrected chi connectivity index (χ2v) is 4.68. The van der Waals surface area contributed by atoms with E-state index in [1.165, 1.54) is 4.57 Å². The van der Waals surface area contributed by atoms with Crippen LogP contribution in [0.2, 0.25) is 5.15 Å². The van der Waals surface area contributed by atoms with Crippen LogP contribution in [0, 0.1) is 0 Å². The van der Waals surface area contributed by atoms with Crippen LogP contribution in [-0.2, 0) is 13.0 Å². The molecule has 1 rings (SSSR count). The van der Waals surface area contributed by atoms with Crippen LogP contribution in [-0.4, -0.2) is 34.6 Å². The number of H-pyrrole nitrogens is 1. The molecule has 5 nitrogen and oxygen atoms in total. The van der Waals surface area contributed by atoms with Crippen molar-refractivity contribution in [1.82, 2.24) is 14.5 Å². The highest BCUT2D eigenvalue weighted by Crippen LogP contribution is 2.06. The number of hydrogen-bond donors (Lipinski definition) is 1. The average Bonchev–Trinajstić information content (AvgIpc) is 2.24. The van der Waals surface area contributed by atoms with E-state index in [1.807, 2.05) is 32.8 Å². The summed E-state index contributed by atoms with van der Waals surface area (Å²) in [6.07, 6.45) is 0.505. The summed E-state index contributed by atoms with van der Waals surface area (Å²) < 4.78 is 1.20. The Morgan fingerprint density at radius 1 is 1.41 bits per heavy atom. The second-order valence-electron chi connectivity index (χ2n) is 4.30. The lowest BCUT2D eigenvalue weighted by Crippen LogP contribution is -2.42. The van der Waals surface area contributed by atoms with Crippen LogP contribution in [0.25, 0.3) is 0 Å². The second kappa shape index (κ2) is 5.51. The van der Waals surface area contributed by atoms with Crippen LogP contribution in [0.15, 0.2) is 9.59 Å². The lowest BCUT2D eigenvalue weighted by Gasteiger charge is -2.20. The van der Waals surface area contributed by atoms with Gasteiger partial charge in [-0.05, 0) is 27.4 Å². The summed E-state index contributed by atoms with van der Waals surface area (Å²) in [5, 5.41) is 0.149. The zero-order valence-corrected chi connectivity index (χ0v) is 11.3. The largest absolute Gasteiger partial charge is 0.329 e. The molecule has 1 atom stereocenters. The zero-order chi connectivity index (χ0) is 13.2. The van der Waals surface area contributed by atoms with Gasteiger partial charge in [0.05, 0.1) is 5.56 Å². The minimum absolute atomic E-state index is 0.0969. The van der Waals surface area contributed by atoms with Gasteiger partial charge in [-0.2, -0.15) is 0 Å². The summed E-state index contributed by atoms with van der Waals surface area (Å²) >= 11 is 5.83. The van der Waals surface area contributed by atoms with Gasteiger partial charge in [-0.1, -0.05) is 18.5 Å². The minimum atomic E-state index is -0.453. The summed E-state index contributed by atoms with van der Waals surface area (Å²) in [5.74, 6) is 0. The van der Waals surface area contributed by atoms with E-state index in [0.717, 1.165) is 0 Å². The molecular formula is C11H18ClN3O2. The van der Waals surface area contributed by atoms with Crippen molar-refractivity contribution in [3.63, 3.8) is 0 Å². The summed E-state index contributed by atoms with van der Waals surface area (Å²) in [4.78, 5) is 28.2. The quantitative estimate of drug-likeness (QED) is 0.810. The van der Waals surface area contributed by atoms with Crippen LogP contribution < -0.4 is 11.2 Å². The first-order valence-corrected chi connectivity index (χ1v) is 5.94. The molecule has 1 heterocycles. The van der Waals surface area contributed by atoms with Gasteiger partial charge in [-0.3, -0.25) is 14.3 Å². The molecule has 17 heavy (non-hydrogen) atoms. The van der Waals surface area contributed by atoms with E-state index in [1.54, 1.807) is 0 Å². The molecule has 0 aromatic carbocycles. The Balaban J connectivity index is 3.26. The maximum atomic E-state index is 12.0. The fourth-order valence-electron chi connectivity index (χ4n) is 1.49. The van der Waals surface area contributed by atoms with Gasteiger partial charge in [-0.15, -0.1) is 0 Å². The first-order valence-electron chi connectivity index (χ1n) is 5.56. The SMILES string of the molecule is CCc1c(Cl)[nH]c(=O)n(CC(C)N(C)C)c1=O. The Labute approximate surface area is 105 Å². The van der Waals surface area contributed by atoms with E-state index in [-0.39, 0.29) is 16.8 Å². The van der Waals surface area contributed by atoms with Gasteiger partial charge in [0.1, 0.15) is 5.15 Å². The van der Waals surface area contributed by atoms with E-state index >= 15 is 0 Å². The number of nitrogens with one attached hydrogen (secondary N) is 1. The highest BCUT2D eigenvalue weighted by molar-refractivity contribution is 6.30. The van der Waals surface area contributed by atoms with E-state index < -0.39 is 5.69 Å². The first kappa shape index (κ1) is 14.0. The third kappa shape index (κ3) is 2.98. The van der Waals surface area contributed by atoms with Crippen LogP contribution in [0.1, 0.15) is 19.4 Å². The smallest absolute Gasteiger partial charge is 0.305 e. The molecule has 1 N–H and O–H groups in total.